The minimum Gasteiger partial charge on any atom is -0.383 e. The summed E-state index contributed by atoms with van der Waals surface area (Å²) in [6.45, 7) is 12.2. The van der Waals surface area contributed by atoms with E-state index in [0.29, 0.717) is 12.5 Å². The monoisotopic (exact) mass is 360 g/mol. The minimum absolute atomic E-state index is 0.258. The molecule has 5 nitrogen and oxygen atoms in total. The number of guanidine groups is 1. The quantitative estimate of drug-likeness (QED) is 0.553. The third-order valence-corrected chi connectivity index (χ3v) is 4.89. The number of nitrogens with zero attached hydrogens (tertiary/aromatic N) is 2. The van der Waals surface area contributed by atoms with E-state index in [2.05, 4.69) is 60.6 Å². The summed E-state index contributed by atoms with van der Waals surface area (Å²) >= 11 is 0. The topological polar surface area (TPSA) is 48.9 Å². The van der Waals surface area contributed by atoms with Crippen LogP contribution in [0.4, 0.5) is 0 Å². The molecular formula is C21H36N4O. The molecule has 0 spiro atoms. The fourth-order valence-electron chi connectivity index (χ4n) is 3.34. The Labute approximate surface area is 159 Å². The van der Waals surface area contributed by atoms with Gasteiger partial charge in [0.1, 0.15) is 0 Å². The van der Waals surface area contributed by atoms with Crippen molar-refractivity contribution in [3.63, 3.8) is 0 Å². The summed E-state index contributed by atoms with van der Waals surface area (Å²) in [6.07, 6.45) is 2.45. The zero-order chi connectivity index (χ0) is 18.8. The van der Waals surface area contributed by atoms with Gasteiger partial charge in [-0.05, 0) is 58.2 Å². The van der Waals surface area contributed by atoms with Crippen molar-refractivity contribution in [1.82, 2.24) is 15.5 Å². The number of likely N-dealkylation sites (tertiary alicyclic amines) is 1. The molecule has 2 N–H and O–H groups in total. The van der Waals surface area contributed by atoms with Gasteiger partial charge in [-0.25, -0.2) is 0 Å². The number of piperidine rings is 1. The maximum atomic E-state index is 5.19. The number of benzene rings is 1. The molecule has 1 aliphatic rings. The average Bonchev–Trinajstić information content (AvgIpc) is 2.63. The van der Waals surface area contributed by atoms with Gasteiger partial charge in [0, 0.05) is 32.8 Å². The van der Waals surface area contributed by atoms with Gasteiger partial charge in [0.15, 0.2) is 5.96 Å². The first-order valence-corrected chi connectivity index (χ1v) is 9.92. The molecule has 0 amide bonds. The second-order valence-electron chi connectivity index (χ2n) is 7.43. The van der Waals surface area contributed by atoms with E-state index < -0.39 is 0 Å². The molecule has 2 rings (SSSR count). The van der Waals surface area contributed by atoms with Crippen LogP contribution in [0.15, 0.2) is 29.3 Å². The van der Waals surface area contributed by atoms with E-state index in [9.17, 15) is 0 Å². The van der Waals surface area contributed by atoms with Crippen molar-refractivity contribution in [2.24, 2.45) is 10.9 Å². The van der Waals surface area contributed by atoms with E-state index >= 15 is 0 Å². The van der Waals surface area contributed by atoms with Crippen LogP contribution in [0.1, 0.15) is 37.8 Å². The second kappa shape index (κ2) is 11.2. The zero-order valence-corrected chi connectivity index (χ0v) is 16.9. The molecular weight excluding hydrogens is 324 g/mol. The van der Waals surface area contributed by atoms with Gasteiger partial charge in [0.25, 0.3) is 0 Å². The maximum absolute atomic E-state index is 5.19. The number of aryl methyl sites for hydroxylation is 1. The predicted molar refractivity (Wildman–Crippen MR) is 110 cm³/mol. The molecule has 0 aliphatic carbocycles. The molecule has 1 aliphatic heterocycles. The Bertz CT molecular complexity index is 535. The number of ether oxygens (including phenoxy) is 1. The molecule has 146 valence electrons. The summed E-state index contributed by atoms with van der Waals surface area (Å²) in [6, 6.07) is 9.17. The van der Waals surface area contributed by atoms with Gasteiger partial charge >= 0.3 is 0 Å². The third kappa shape index (κ3) is 7.34. The molecule has 0 radical (unpaired) electrons. The standard InChI is InChI=1S/C21H36N4O/c1-5-22-21(24-18(3)16-26-4)23-14-19-10-12-25(13-11-19)15-20-8-6-17(2)7-9-20/h6-9,18-19H,5,10-16H2,1-4H3,(H2,22,23,24). The van der Waals surface area contributed by atoms with Crippen molar-refractivity contribution in [3.05, 3.63) is 35.4 Å². The van der Waals surface area contributed by atoms with Crippen LogP contribution < -0.4 is 10.6 Å². The first-order valence-electron chi connectivity index (χ1n) is 9.92. The lowest BCUT2D eigenvalue weighted by molar-refractivity contribution is 0.177. The molecule has 1 aromatic rings. The second-order valence-corrected chi connectivity index (χ2v) is 7.43. The highest BCUT2D eigenvalue weighted by Crippen LogP contribution is 2.19. The van der Waals surface area contributed by atoms with Crippen molar-refractivity contribution in [3.8, 4) is 0 Å². The fourth-order valence-corrected chi connectivity index (χ4v) is 3.34. The maximum Gasteiger partial charge on any atom is 0.191 e. The summed E-state index contributed by atoms with van der Waals surface area (Å²) in [5.74, 6) is 1.58. The lowest BCUT2D eigenvalue weighted by Gasteiger charge is -2.31. The number of hydrogen-bond acceptors (Lipinski definition) is 3. The number of nitrogens with one attached hydrogen (secondary N) is 2. The Hall–Kier alpha value is -1.59. The van der Waals surface area contributed by atoms with Gasteiger partial charge in [-0.1, -0.05) is 29.8 Å². The number of aliphatic imine (C=N–C) groups is 1. The summed E-state index contributed by atoms with van der Waals surface area (Å²) in [5, 5.41) is 6.74. The molecule has 0 bridgehead atoms. The molecule has 0 saturated carbocycles. The molecule has 1 unspecified atom stereocenters. The molecule has 1 heterocycles. The van der Waals surface area contributed by atoms with Crippen LogP contribution in [0.3, 0.4) is 0 Å². The Morgan fingerprint density at radius 1 is 1.27 bits per heavy atom. The van der Waals surface area contributed by atoms with E-state index in [-0.39, 0.29) is 6.04 Å². The van der Waals surface area contributed by atoms with Gasteiger partial charge in [-0.2, -0.15) is 0 Å². The van der Waals surface area contributed by atoms with E-state index in [1.165, 1.54) is 24.0 Å². The van der Waals surface area contributed by atoms with Crippen LogP contribution in [0.5, 0.6) is 0 Å². The zero-order valence-electron chi connectivity index (χ0n) is 16.9. The van der Waals surface area contributed by atoms with E-state index in [1.807, 2.05) is 0 Å². The first-order chi connectivity index (χ1) is 12.6. The van der Waals surface area contributed by atoms with Crippen LogP contribution in [0.25, 0.3) is 0 Å². The van der Waals surface area contributed by atoms with Gasteiger partial charge in [0.05, 0.1) is 6.61 Å². The number of methoxy groups -OCH3 is 1. The van der Waals surface area contributed by atoms with Crippen LogP contribution in [-0.2, 0) is 11.3 Å². The molecule has 1 atom stereocenters. The molecule has 1 aromatic carbocycles. The lowest BCUT2D eigenvalue weighted by atomic mass is 9.96. The van der Waals surface area contributed by atoms with Gasteiger partial charge < -0.3 is 15.4 Å². The summed E-state index contributed by atoms with van der Waals surface area (Å²) in [5.41, 5.74) is 2.74. The van der Waals surface area contributed by atoms with Crippen molar-refractivity contribution in [2.75, 3.05) is 39.9 Å². The fraction of sp³-hybridized carbons (Fsp3) is 0.667. The molecule has 5 heteroatoms. The van der Waals surface area contributed by atoms with E-state index in [0.717, 1.165) is 38.7 Å². The molecule has 1 fully saturated rings. The number of rotatable bonds is 8. The van der Waals surface area contributed by atoms with Crippen molar-refractivity contribution >= 4 is 5.96 Å². The van der Waals surface area contributed by atoms with E-state index in [1.54, 1.807) is 7.11 Å². The summed E-state index contributed by atoms with van der Waals surface area (Å²) < 4.78 is 5.19. The van der Waals surface area contributed by atoms with Gasteiger partial charge in [-0.15, -0.1) is 0 Å². The minimum atomic E-state index is 0.258. The molecule has 1 saturated heterocycles. The molecule has 26 heavy (non-hydrogen) atoms. The Morgan fingerprint density at radius 2 is 1.96 bits per heavy atom. The van der Waals surface area contributed by atoms with Crippen LogP contribution >= 0.6 is 0 Å². The van der Waals surface area contributed by atoms with Crippen LogP contribution in [-0.4, -0.2) is 56.8 Å². The highest BCUT2D eigenvalue weighted by Gasteiger charge is 2.19. The van der Waals surface area contributed by atoms with E-state index in [4.69, 9.17) is 9.73 Å². The SMILES string of the molecule is CCNC(=NCC1CCN(Cc2ccc(C)cc2)CC1)NC(C)COC. The Balaban J connectivity index is 1.76. The van der Waals surface area contributed by atoms with Crippen molar-refractivity contribution in [1.29, 1.82) is 0 Å². The summed E-state index contributed by atoms with van der Waals surface area (Å²) in [7, 11) is 1.73. The average molecular weight is 361 g/mol. The van der Waals surface area contributed by atoms with Gasteiger partial charge in [-0.3, -0.25) is 9.89 Å². The normalized spacial score (nSPS) is 17.9. The lowest BCUT2D eigenvalue weighted by Crippen LogP contribution is -2.44. The highest BCUT2D eigenvalue weighted by molar-refractivity contribution is 5.80. The highest BCUT2D eigenvalue weighted by atomic mass is 16.5. The van der Waals surface area contributed by atoms with Crippen LogP contribution in [0.2, 0.25) is 0 Å². The largest absolute Gasteiger partial charge is 0.383 e. The van der Waals surface area contributed by atoms with Crippen molar-refractivity contribution in [2.45, 2.75) is 46.2 Å². The third-order valence-electron chi connectivity index (χ3n) is 4.89. The Morgan fingerprint density at radius 3 is 2.58 bits per heavy atom. The van der Waals surface area contributed by atoms with Crippen molar-refractivity contribution < 1.29 is 4.74 Å². The van der Waals surface area contributed by atoms with Crippen LogP contribution in [0, 0.1) is 12.8 Å². The number of hydrogen-bond donors (Lipinski definition) is 2. The smallest absolute Gasteiger partial charge is 0.191 e. The Kier molecular flexibility index (Phi) is 8.92. The predicted octanol–water partition coefficient (Wildman–Crippen LogP) is 2.80. The summed E-state index contributed by atoms with van der Waals surface area (Å²) in [4.78, 5) is 7.36. The first kappa shape index (κ1) is 20.7. The van der Waals surface area contributed by atoms with Gasteiger partial charge in [0.2, 0.25) is 0 Å². The molecule has 0 aromatic heterocycles.